The Labute approximate surface area is 202 Å². The number of aryl methyl sites for hydroxylation is 1. The van der Waals surface area contributed by atoms with Crippen molar-refractivity contribution in [3.63, 3.8) is 0 Å². The van der Waals surface area contributed by atoms with Gasteiger partial charge in [-0.1, -0.05) is 23.9 Å². The molecule has 1 aliphatic rings. The molecule has 2 aromatic heterocycles. The maximum absolute atomic E-state index is 13.1. The topological polar surface area (TPSA) is 89.2 Å². The first-order valence-electron chi connectivity index (χ1n) is 10.5. The van der Waals surface area contributed by atoms with Crippen molar-refractivity contribution in [1.82, 2.24) is 14.9 Å². The van der Waals surface area contributed by atoms with Crippen LogP contribution in [-0.4, -0.2) is 38.8 Å². The van der Waals surface area contributed by atoms with E-state index in [-0.39, 0.29) is 11.6 Å². The van der Waals surface area contributed by atoms with Gasteiger partial charge >= 0.3 is 0 Å². The van der Waals surface area contributed by atoms with Gasteiger partial charge in [-0.15, -0.1) is 22.7 Å². The van der Waals surface area contributed by atoms with Crippen LogP contribution in [0.1, 0.15) is 39.8 Å². The number of para-hydroxylation sites is 1. The van der Waals surface area contributed by atoms with Crippen molar-refractivity contribution < 1.29 is 9.72 Å². The zero-order valence-electron chi connectivity index (χ0n) is 17.8. The van der Waals surface area contributed by atoms with E-state index in [0.29, 0.717) is 29.5 Å². The van der Waals surface area contributed by atoms with Gasteiger partial charge in [-0.3, -0.25) is 14.9 Å². The van der Waals surface area contributed by atoms with Crippen molar-refractivity contribution in [2.75, 3.05) is 13.1 Å². The fourth-order valence-electron chi connectivity index (χ4n) is 3.93. The summed E-state index contributed by atoms with van der Waals surface area (Å²) in [5.74, 6) is 0.170. The number of nitro benzene ring substituents is 1. The Morgan fingerprint density at radius 1 is 1.18 bits per heavy atom. The lowest BCUT2D eigenvalue weighted by Crippen LogP contribution is -2.37. The number of piperidine rings is 1. The number of nitrogens with zero attached hydrogens (tertiary/aromatic N) is 4. The van der Waals surface area contributed by atoms with Gasteiger partial charge in [-0.25, -0.2) is 9.97 Å². The normalized spacial score (nSPS) is 14.6. The van der Waals surface area contributed by atoms with Gasteiger partial charge in [-0.2, -0.15) is 0 Å². The standard InChI is InChI=1S/C23H20N4O3S3/c1-14-13-31-23(24-14)33-20-7-6-16(12-18(20)27(29)30)22(28)26-10-8-15(9-11-26)21-25-17-4-2-3-5-19(17)32-21/h2-7,12-13,15H,8-11H2,1H3. The van der Waals surface area contributed by atoms with E-state index in [4.69, 9.17) is 4.98 Å². The van der Waals surface area contributed by atoms with Crippen LogP contribution in [0.2, 0.25) is 0 Å². The number of amides is 1. The van der Waals surface area contributed by atoms with Crippen LogP contribution in [0.3, 0.4) is 0 Å². The number of nitro groups is 1. The summed E-state index contributed by atoms with van der Waals surface area (Å²) in [4.78, 5) is 35.8. The van der Waals surface area contributed by atoms with Crippen LogP contribution in [0.25, 0.3) is 10.2 Å². The lowest BCUT2D eigenvalue weighted by atomic mass is 9.97. The van der Waals surface area contributed by atoms with Crippen molar-refractivity contribution in [3.8, 4) is 0 Å². The third kappa shape index (κ3) is 4.64. The maximum atomic E-state index is 13.1. The maximum Gasteiger partial charge on any atom is 0.284 e. The molecule has 0 radical (unpaired) electrons. The van der Waals surface area contributed by atoms with E-state index in [1.54, 1.807) is 28.4 Å². The summed E-state index contributed by atoms with van der Waals surface area (Å²) in [6.07, 6.45) is 1.68. The van der Waals surface area contributed by atoms with E-state index < -0.39 is 4.92 Å². The molecule has 7 nitrogen and oxygen atoms in total. The lowest BCUT2D eigenvalue weighted by Gasteiger charge is -2.31. The third-order valence-corrected chi connectivity index (χ3v) is 8.96. The number of benzene rings is 2. The minimum absolute atomic E-state index is 0.0666. The van der Waals surface area contributed by atoms with Crippen LogP contribution >= 0.6 is 34.4 Å². The van der Waals surface area contributed by atoms with Crippen LogP contribution < -0.4 is 0 Å². The second-order valence-electron chi connectivity index (χ2n) is 7.88. The number of carbonyl (C=O) groups is 1. The molecule has 33 heavy (non-hydrogen) atoms. The smallest absolute Gasteiger partial charge is 0.284 e. The number of likely N-dealkylation sites (tertiary alicyclic amines) is 1. The van der Waals surface area contributed by atoms with Crippen molar-refractivity contribution >= 4 is 56.2 Å². The van der Waals surface area contributed by atoms with E-state index in [9.17, 15) is 14.9 Å². The molecule has 0 spiro atoms. The molecule has 0 unspecified atom stereocenters. The monoisotopic (exact) mass is 496 g/mol. The largest absolute Gasteiger partial charge is 0.339 e. The van der Waals surface area contributed by atoms with Gasteiger partial charge in [0, 0.05) is 41.7 Å². The quantitative estimate of drug-likeness (QED) is 0.243. The van der Waals surface area contributed by atoms with Crippen molar-refractivity contribution in [2.45, 2.75) is 34.9 Å². The van der Waals surface area contributed by atoms with Gasteiger partial charge in [0.25, 0.3) is 11.6 Å². The lowest BCUT2D eigenvalue weighted by molar-refractivity contribution is -0.387. The predicted octanol–water partition coefficient (Wildman–Crippen LogP) is 6.14. The number of carbonyl (C=O) groups excluding carboxylic acids is 1. The number of fused-ring (bicyclic) bond motifs is 1. The molecule has 0 atom stereocenters. The summed E-state index contributed by atoms with van der Waals surface area (Å²) in [7, 11) is 0. The highest BCUT2D eigenvalue weighted by molar-refractivity contribution is 8.01. The van der Waals surface area contributed by atoms with E-state index in [2.05, 4.69) is 11.1 Å². The summed E-state index contributed by atoms with van der Waals surface area (Å²) in [5, 5.41) is 14.7. The minimum Gasteiger partial charge on any atom is -0.339 e. The zero-order valence-corrected chi connectivity index (χ0v) is 20.2. The molecular formula is C23H20N4O3S3. The molecule has 0 bridgehead atoms. The fourth-order valence-corrected chi connectivity index (χ4v) is 6.94. The first kappa shape index (κ1) is 22.0. The summed E-state index contributed by atoms with van der Waals surface area (Å²) in [6.45, 7) is 3.11. The Kier molecular flexibility index (Phi) is 6.13. The highest BCUT2D eigenvalue weighted by atomic mass is 32.2. The second kappa shape index (κ2) is 9.20. The fraction of sp³-hybridized carbons (Fsp3) is 0.261. The zero-order chi connectivity index (χ0) is 22.9. The minimum atomic E-state index is -0.432. The van der Waals surface area contributed by atoms with E-state index >= 15 is 0 Å². The molecule has 10 heteroatoms. The van der Waals surface area contributed by atoms with Gasteiger partial charge in [0.2, 0.25) is 0 Å². The third-order valence-electron chi connectivity index (χ3n) is 5.64. The van der Waals surface area contributed by atoms with Crippen LogP contribution in [0.4, 0.5) is 5.69 Å². The molecule has 1 amide bonds. The molecule has 1 fully saturated rings. The average molecular weight is 497 g/mol. The Balaban J connectivity index is 1.29. The van der Waals surface area contributed by atoms with E-state index in [1.807, 2.05) is 30.5 Å². The number of hydrogen-bond donors (Lipinski definition) is 0. The van der Waals surface area contributed by atoms with E-state index in [0.717, 1.165) is 33.4 Å². The van der Waals surface area contributed by atoms with Crippen LogP contribution in [0, 0.1) is 17.0 Å². The molecule has 0 saturated carbocycles. The molecular weight excluding hydrogens is 476 g/mol. The highest BCUT2D eigenvalue weighted by Gasteiger charge is 2.28. The number of hydrogen-bond acceptors (Lipinski definition) is 8. The van der Waals surface area contributed by atoms with Gasteiger partial charge in [0.15, 0.2) is 4.34 Å². The average Bonchev–Trinajstić information content (AvgIpc) is 3.44. The second-order valence-corrected chi connectivity index (χ2v) is 11.1. The Bertz CT molecular complexity index is 1310. The molecule has 168 valence electrons. The predicted molar refractivity (Wildman–Crippen MR) is 132 cm³/mol. The molecule has 2 aromatic carbocycles. The molecule has 1 aliphatic heterocycles. The summed E-state index contributed by atoms with van der Waals surface area (Å²) >= 11 is 4.42. The molecule has 0 N–H and O–H groups in total. The molecule has 3 heterocycles. The number of thiazole rings is 2. The van der Waals surface area contributed by atoms with Crippen LogP contribution in [-0.2, 0) is 0 Å². The van der Waals surface area contributed by atoms with Gasteiger partial charge in [0.05, 0.1) is 25.0 Å². The Morgan fingerprint density at radius 3 is 2.67 bits per heavy atom. The van der Waals surface area contributed by atoms with Crippen LogP contribution in [0.15, 0.2) is 57.1 Å². The summed E-state index contributed by atoms with van der Waals surface area (Å²) in [5.41, 5.74) is 2.18. The van der Waals surface area contributed by atoms with Gasteiger partial charge in [0.1, 0.15) is 0 Å². The Hall–Kier alpha value is -2.82. The first-order chi connectivity index (χ1) is 16.0. The molecule has 4 aromatic rings. The van der Waals surface area contributed by atoms with Gasteiger partial charge in [-0.05, 0) is 44.0 Å². The molecule has 0 aliphatic carbocycles. The first-order valence-corrected chi connectivity index (χ1v) is 13.0. The molecule has 1 saturated heterocycles. The number of aromatic nitrogens is 2. The van der Waals surface area contributed by atoms with Crippen molar-refractivity contribution in [1.29, 1.82) is 0 Å². The van der Waals surface area contributed by atoms with Crippen molar-refractivity contribution in [2.24, 2.45) is 0 Å². The SMILES string of the molecule is Cc1csc(Sc2ccc(C(=O)N3CCC(c4nc5ccccc5s4)CC3)cc2[N+](=O)[O-])n1. The molecule has 5 rings (SSSR count). The summed E-state index contributed by atoms with van der Waals surface area (Å²) < 4.78 is 1.93. The Morgan fingerprint density at radius 2 is 1.97 bits per heavy atom. The number of rotatable bonds is 5. The highest BCUT2D eigenvalue weighted by Crippen LogP contribution is 2.38. The van der Waals surface area contributed by atoms with Gasteiger partial charge < -0.3 is 4.90 Å². The van der Waals surface area contributed by atoms with Crippen LogP contribution in [0.5, 0.6) is 0 Å². The van der Waals surface area contributed by atoms with Crippen molar-refractivity contribution in [3.05, 3.63) is 74.2 Å². The van der Waals surface area contributed by atoms with E-state index in [1.165, 1.54) is 33.9 Å². The summed E-state index contributed by atoms with van der Waals surface area (Å²) in [6, 6.07) is 12.8.